The summed E-state index contributed by atoms with van der Waals surface area (Å²) in [5.74, 6) is -0.561. The number of aliphatic hydroxyl groups excluding tert-OH is 1. The molecular weight excluding hydrogens is 474 g/mol. The number of rotatable bonds is 8. The van der Waals surface area contributed by atoms with Gasteiger partial charge in [-0.25, -0.2) is 17.8 Å². The Kier molecular flexibility index (Phi) is 6.10. The summed E-state index contributed by atoms with van der Waals surface area (Å²) in [6.45, 7) is 1.24. The highest BCUT2D eigenvalue weighted by atomic mass is 32.2. The molecule has 2 fully saturated rings. The molecular formula is C21H24F2N4O4S2. The minimum atomic E-state index is -3.80. The second kappa shape index (κ2) is 8.90. The van der Waals surface area contributed by atoms with Crippen LogP contribution in [0.3, 0.4) is 0 Å². The highest BCUT2D eigenvalue weighted by Crippen LogP contribution is 2.39. The van der Waals surface area contributed by atoms with Crippen molar-refractivity contribution in [3.63, 3.8) is 0 Å². The molecule has 178 valence electrons. The highest BCUT2D eigenvalue weighted by Gasteiger charge is 2.40. The molecule has 12 heteroatoms. The molecule has 3 aromatic rings. The Morgan fingerprint density at radius 2 is 1.97 bits per heavy atom. The van der Waals surface area contributed by atoms with E-state index >= 15 is 0 Å². The lowest BCUT2D eigenvalue weighted by Crippen LogP contribution is -2.34. The van der Waals surface area contributed by atoms with Gasteiger partial charge in [0.2, 0.25) is 0 Å². The molecule has 0 amide bonds. The maximum absolute atomic E-state index is 14.7. The number of hydrogen-bond acceptors (Lipinski definition) is 8. The summed E-state index contributed by atoms with van der Waals surface area (Å²) in [5.41, 5.74) is 0.416. The molecule has 33 heavy (non-hydrogen) atoms. The van der Waals surface area contributed by atoms with Crippen LogP contribution in [0, 0.1) is 16.9 Å². The summed E-state index contributed by atoms with van der Waals surface area (Å²) < 4.78 is 60.9. The van der Waals surface area contributed by atoms with Gasteiger partial charge in [0.15, 0.2) is 20.1 Å². The number of sulfone groups is 1. The maximum atomic E-state index is 14.7. The first-order chi connectivity index (χ1) is 15.8. The summed E-state index contributed by atoms with van der Waals surface area (Å²) in [6, 6.07) is 1.99. The van der Waals surface area contributed by atoms with Crippen LogP contribution in [-0.2, 0) is 14.6 Å². The third kappa shape index (κ3) is 4.48. The van der Waals surface area contributed by atoms with Crippen LogP contribution in [0.2, 0.25) is 0 Å². The highest BCUT2D eigenvalue weighted by molar-refractivity contribution is 7.92. The number of aromatic nitrogens is 3. The zero-order chi connectivity index (χ0) is 23.2. The molecule has 0 spiro atoms. The summed E-state index contributed by atoms with van der Waals surface area (Å²) >= 11 is 0.771. The van der Waals surface area contributed by atoms with E-state index in [0.717, 1.165) is 36.4 Å². The predicted octanol–water partition coefficient (Wildman–Crippen LogP) is 3.50. The van der Waals surface area contributed by atoms with Crippen molar-refractivity contribution in [2.45, 2.75) is 54.5 Å². The van der Waals surface area contributed by atoms with Gasteiger partial charge in [0, 0.05) is 18.6 Å². The Hall–Kier alpha value is -2.15. The van der Waals surface area contributed by atoms with Crippen molar-refractivity contribution in [3.8, 4) is 0 Å². The third-order valence-corrected chi connectivity index (χ3v) is 9.32. The van der Waals surface area contributed by atoms with Crippen molar-refractivity contribution in [3.05, 3.63) is 35.5 Å². The van der Waals surface area contributed by atoms with Gasteiger partial charge >= 0.3 is 0 Å². The van der Waals surface area contributed by atoms with Crippen LogP contribution in [-0.4, -0.2) is 53.0 Å². The van der Waals surface area contributed by atoms with Gasteiger partial charge in [0.25, 0.3) is 0 Å². The number of nitrogens with one attached hydrogen (secondary N) is 1. The normalized spacial score (nSPS) is 19.6. The topological polar surface area (TPSA) is 106 Å². The zero-order valence-corrected chi connectivity index (χ0v) is 19.3. The second-order valence-corrected chi connectivity index (χ2v) is 11.7. The van der Waals surface area contributed by atoms with E-state index < -0.39 is 38.3 Å². The Balaban J connectivity index is 1.54. The fraction of sp³-hybridized carbons (Fsp3) is 0.524. The molecule has 0 radical (unpaired) electrons. The third-order valence-electron chi connectivity index (χ3n) is 6.27. The average molecular weight is 499 g/mol. The van der Waals surface area contributed by atoms with Crippen molar-refractivity contribution in [1.82, 2.24) is 14.8 Å². The van der Waals surface area contributed by atoms with Crippen molar-refractivity contribution < 1.29 is 27.0 Å². The molecule has 2 unspecified atom stereocenters. The van der Waals surface area contributed by atoms with Crippen LogP contribution in [0.1, 0.15) is 38.1 Å². The molecule has 1 saturated heterocycles. The lowest BCUT2D eigenvalue weighted by molar-refractivity contribution is 0.0452. The molecule has 8 nitrogen and oxygen atoms in total. The zero-order valence-electron chi connectivity index (χ0n) is 17.7. The number of benzene rings is 1. The van der Waals surface area contributed by atoms with Crippen molar-refractivity contribution >= 4 is 37.2 Å². The average Bonchev–Trinajstić information content (AvgIpc) is 3.47. The Morgan fingerprint density at radius 1 is 1.21 bits per heavy atom. The van der Waals surface area contributed by atoms with Gasteiger partial charge in [0.05, 0.1) is 29.2 Å². The van der Waals surface area contributed by atoms with E-state index in [1.807, 2.05) is 0 Å². The molecule has 1 aliphatic carbocycles. The van der Waals surface area contributed by atoms with E-state index in [-0.39, 0.29) is 21.3 Å². The standard InChI is InChI=1S/C21H24F2N4O4S2/c22-15-3-4-16-14(19(15)33(29,30)13-1-2-13)10-25-27(16)17(9-12-5-7-31-8-6-12)20(28)26-21-24-11-18(23)32-21/h3-4,10-13,17,20,28H,1-2,5-9H2,(H,24,26). The van der Waals surface area contributed by atoms with Gasteiger partial charge in [-0.15, -0.1) is 0 Å². The molecule has 3 heterocycles. The number of halogens is 2. The van der Waals surface area contributed by atoms with Gasteiger partial charge in [-0.2, -0.15) is 9.49 Å². The van der Waals surface area contributed by atoms with Gasteiger partial charge in [0.1, 0.15) is 16.9 Å². The molecule has 0 bridgehead atoms. The van der Waals surface area contributed by atoms with E-state index in [9.17, 15) is 22.3 Å². The summed E-state index contributed by atoms with van der Waals surface area (Å²) in [6.07, 6.45) is 4.40. The van der Waals surface area contributed by atoms with Crippen molar-refractivity contribution in [2.24, 2.45) is 5.92 Å². The van der Waals surface area contributed by atoms with E-state index in [1.54, 1.807) is 0 Å². The Morgan fingerprint density at radius 3 is 2.64 bits per heavy atom. The molecule has 2 aliphatic rings. The van der Waals surface area contributed by atoms with E-state index in [1.165, 1.54) is 16.9 Å². The van der Waals surface area contributed by atoms with Crippen LogP contribution in [0.15, 0.2) is 29.4 Å². The van der Waals surface area contributed by atoms with Crippen LogP contribution in [0.5, 0.6) is 0 Å². The van der Waals surface area contributed by atoms with Crippen LogP contribution in [0.4, 0.5) is 13.9 Å². The van der Waals surface area contributed by atoms with E-state index in [4.69, 9.17) is 4.74 Å². The van der Waals surface area contributed by atoms with Crippen LogP contribution < -0.4 is 5.32 Å². The molecule has 2 atom stereocenters. The Labute approximate surface area is 193 Å². The lowest BCUT2D eigenvalue weighted by Gasteiger charge is -2.30. The molecule has 5 rings (SSSR count). The maximum Gasteiger partial charge on any atom is 0.198 e. The summed E-state index contributed by atoms with van der Waals surface area (Å²) in [5, 5.41) is 17.6. The molecule has 2 aromatic heterocycles. The molecule has 1 aliphatic heterocycles. The quantitative estimate of drug-likeness (QED) is 0.458. The Bertz CT molecular complexity index is 1250. The molecule has 2 N–H and O–H groups in total. The molecule has 1 saturated carbocycles. The fourth-order valence-corrected chi connectivity index (χ4v) is 6.87. The largest absolute Gasteiger partial charge is 0.381 e. The SMILES string of the molecule is O=S(=O)(c1c(F)ccc2c1cnn2C(CC1CCOCC1)C(O)Nc1ncc(F)s1)C1CC1. The number of ether oxygens (including phenoxy) is 1. The first kappa shape index (κ1) is 22.6. The predicted molar refractivity (Wildman–Crippen MR) is 119 cm³/mol. The van der Waals surface area contributed by atoms with E-state index in [0.29, 0.717) is 38.0 Å². The number of thiazole rings is 1. The second-order valence-electron chi connectivity index (χ2n) is 8.56. The number of nitrogens with zero attached hydrogens (tertiary/aromatic N) is 3. The van der Waals surface area contributed by atoms with Crippen molar-refractivity contribution in [2.75, 3.05) is 18.5 Å². The number of anilines is 1. The van der Waals surface area contributed by atoms with Gasteiger partial charge in [-0.1, -0.05) is 11.3 Å². The summed E-state index contributed by atoms with van der Waals surface area (Å²) in [4.78, 5) is 3.58. The number of hydrogen-bond donors (Lipinski definition) is 2. The van der Waals surface area contributed by atoms with Gasteiger partial charge in [-0.3, -0.25) is 4.68 Å². The fourth-order valence-electron chi connectivity index (χ4n) is 4.40. The van der Waals surface area contributed by atoms with E-state index in [2.05, 4.69) is 15.4 Å². The van der Waals surface area contributed by atoms with Crippen molar-refractivity contribution in [1.29, 1.82) is 0 Å². The number of aliphatic hydroxyl groups is 1. The van der Waals surface area contributed by atoms with Gasteiger partial charge < -0.3 is 15.2 Å². The smallest absolute Gasteiger partial charge is 0.198 e. The first-order valence-corrected chi connectivity index (χ1v) is 13.2. The lowest BCUT2D eigenvalue weighted by atomic mass is 9.91. The van der Waals surface area contributed by atoms with Crippen LogP contribution >= 0.6 is 11.3 Å². The van der Waals surface area contributed by atoms with Crippen LogP contribution in [0.25, 0.3) is 10.9 Å². The van der Waals surface area contributed by atoms with Gasteiger partial charge in [-0.05, 0) is 50.2 Å². The number of fused-ring (bicyclic) bond motifs is 1. The monoisotopic (exact) mass is 498 g/mol. The minimum absolute atomic E-state index is 0.200. The summed E-state index contributed by atoms with van der Waals surface area (Å²) in [7, 11) is -3.80. The first-order valence-electron chi connectivity index (χ1n) is 10.9. The minimum Gasteiger partial charge on any atom is -0.381 e. The molecule has 1 aromatic carbocycles.